The number of methoxy groups -OCH3 is 3. The van der Waals surface area contributed by atoms with Gasteiger partial charge in [0.05, 0.1) is 27.4 Å². The lowest BCUT2D eigenvalue weighted by Crippen LogP contribution is -2.45. The van der Waals surface area contributed by atoms with Crippen LogP contribution in [0.2, 0.25) is 19.6 Å². The lowest BCUT2D eigenvalue weighted by molar-refractivity contribution is 0.0345. The molecule has 198 valence electrons. The Morgan fingerprint density at radius 3 is 2.13 bits per heavy atom. The maximum atomic E-state index is 14.6. The zero-order chi connectivity index (χ0) is 27.5. The van der Waals surface area contributed by atoms with Gasteiger partial charge in [-0.25, -0.2) is 0 Å². The Morgan fingerprint density at radius 1 is 0.921 bits per heavy atom. The first-order valence-corrected chi connectivity index (χ1v) is 15.8. The molecule has 0 radical (unpaired) electrons. The monoisotopic (exact) mass is 531 g/mol. The first kappa shape index (κ1) is 27.2. The predicted octanol–water partition coefficient (Wildman–Crippen LogP) is 6.10. The van der Waals surface area contributed by atoms with Gasteiger partial charge in [0, 0.05) is 23.6 Å². The van der Waals surface area contributed by atoms with Gasteiger partial charge in [0.15, 0.2) is 8.32 Å². The zero-order valence-corrected chi connectivity index (χ0v) is 23.6. The highest BCUT2D eigenvalue weighted by atomic mass is 28.4. The van der Waals surface area contributed by atoms with E-state index in [1.807, 2.05) is 62.1 Å². The van der Waals surface area contributed by atoms with Crippen molar-refractivity contribution >= 4 is 14.1 Å². The molecule has 0 amide bonds. The molecule has 0 N–H and O–H groups in total. The highest BCUT2D eigenvalue weighted by Gasteiger charge is 2.57. The summed E-state index contributed by atoms with van der Waals surface area (Å²) >= 11 is 0. The molecule has 1 aliphatic heterocycles. The van der Waals surface area contributed by atoms with Crippen LogP contribution in [0.5, 0.6) is 23.0 Å². The van der Waals surface area contributed by atoms with Crippen LogP contribution >= 0.6 is 0 Å². The van der Waals surface area contributed by atoms with Gasteiger partial charge in [-0.05, 0) is 43.8 Å². The van der Waals surface area contributed by atoms with Crippen LogP contribution < -0.4 is 18.9 Å². The number of nitriles is 1. The minimum Gasteiger partial charge on any atom is -0.497 e. The van der Waals surface area contributed by atoms with Gasteiger partial charge in [-0.3, -0.25) is 4.79 Å². The van der Waals surface area contributed by atoms with Gasteiger partial charge >= 0.3 is 0 Å². The number of ketones is 1. The smallest absolute Gasteiger partial charge is 0.219 e. The second-order valence-electron chi connectivity index (χ2n) is 10.1. The van der Waals surface area contributed by atoms with Crippen LogP contribution in [0.1, 0.15) is 33.8 Å². The van der Waals surface area contributed by atoms with Crippen molar-refractivity contribution in [1.29, 1.82) is 5.26 Å². The minimum absolute atomic E-state index is 0.246. The second kappa shape index (κ2) is 10.9. The summed E-state index contributed by atoms with van der Waals surface area (Å²) < 4.78 is 29.5. The number of Topliss-reactive ketones (excluding diaryl/α,β-unsaturated/α-hetero) is 1. The number of hydrogen-bond acceptors (Lipinski definition) is 7. The molecule has 0 saturated heterocycles. The zero-order valence-electron chi connectivity index (χ0n) is 22.6. The molecule has 1 aliphatic rings. The SMILES string of the molecule is COc1ccc([C@@]2([C@@H](CC(C#N)O[Si](C)(C)C)c3ccccc3)Oc3cc(OC)cc(OC)c3C2=O)cc1. The standard InChI is InChI=1S/C30H33NO6Si/c1-33-22-14-12-21(13-15-22)30(29(32)28-26(35-3)17-23(34-2)18-27(28)36-30)25(20-10-8-7-9-11-20)16-24(19-31)37-38(4,5)6/h7-15,17-18,24-25H,16H2,1-6H3/t24?,25-,30-/m0/s1. The molecule has 1 unspecified atom stereocenters. The maximum Gasteiger partial charge on any atom is 0.219 e. The van der Waals surface area contributed by atoms with Crippen molar-refractivity contribution in [2.75, 3.05) is 21.3 Å². The van der Waals surface area contributed by atoms with E-state index < -0.39 is 25.9 Å². The van der Waals surface area contributed by atoms with Crippen LogP contribution in [0.15, 0.2) is 66.7 Å². The quantitative estimate of drug-likeness (QED) is 0.292. The summed E-state index contributed by atoms with van der Waals surface area (Å²) in [6.45, 7) is 6.12. The number of fused-ring (bicyclic) bond motifs is 1. The average molecular weight is 532 g/mol. The van der Waals surface area contributed by atoms with Gasteiger partial charge in [0.2, 0.25) is 11.4 Å². The first-order chi connectivity index (χ1) is 18.2. The molecular formula is C30H33NO6Si. The fourth-order valence-electron chi connectivity index (χ4n) is 5.00. The van der Waals surface area contributed by atoms with Gasteiger partial charge < -0.3 is 23.4 Å². The van der Waals surface area contributed by atoms with Crippen LogP contribution in [0, 0.1) is 11.3 Å². The lowest BCUT2D eigenvalue weighted by Gasteiger charge is -2.38. The van der Waals surface area contributed by atoms with Crippen molar-refractivity contribution in [2.24, 2.45) is 0 Å². The number of benzene rings is 3. The van der Waals surface area contributed by atoms with Crippen LogP contribution in [-0.4, -0.2) is 41.5 Å². The Balaban J connectivity index is 1.97. The minimum atomic E-state index is -2.07. The molecule has 0 saturated carbocycles. The van der Waals surface area contributed by atoms with Crippen molar-refractivity contribution in [2.45, 2.75) is 43.7 Å². The number of nitrogens with zero attached hydrogens (tertiary/aromatic N) is 1. The molecule has 3 atom stereocenters. The van der Waals surface area contributed by atoms with Gasteiger partial charge in [0.1, 0.15) is 34.7 Å². The number of rotatable bonds is 10. The molecule has 1 heterocycles. The molecule has 7 nitrogen and oxygen atoms in total. The van der Waals surface area contributed by atoms with Gasteiger partial charge in [0.25, 0.3) is 0 Å². The third kappa shape index (κ3) is 5.12. The topological polar surface area (TPSA) is 87.0 Å². The molecule has 3 aromatic rings. The van der Waals surface area contributed by atoms with Crippen LogP contribution in [0.4, 0.5) is 0 Å². The molecule has 4 rings (SSSR count). The summed E-state index contributed by atoms with van der Waals surface area (Å²) in [5, 5.41) is 10.1. The fourth-order valence-corrected chi connectivity index (χ4v) is 6.01. The van der Waals surface area contributed by atoms with E-state index >= 15 is 0 Å². The van der Waals surface area contributed by atoms with E-state index in [4.69, 9.17) is 23.4 Å². The highest BCUT2D eigenvalue weighted by molar-refractivity contribution is 6.69. The van der Waals surface area contributed by atoms with Crippen LogP contribution in [0.3, 0.4) is 0 Å². The number of ether oxygens (including phenoxy) is 4. The van der Waals surface area contributed by atoms with E-state index in [9.17, 15) is 10.1 Å². The normalized spacial score (nSPS) is 18.1. The molecule has 38 heavy (non-hydrogen) atoms. The highest BCUT2D eigenvalue weighted by Crippen LogP contribution is 2.54. The molecule has 3 aromatic carbocycles. The molecular weight excluding hydrogens is 498 g/mol. The summed E-state index contributed by atoms with van der Waals surface area (Å²) in [5.74, 6) is 1.07. The van der Waals surface area contributed by atoms with Gasteiger partial charge in [-0.1, -0.05) is 42.5 Å². The van der Waals surface area contributed by atoms with Crippen molar-refractivity contribution in [3.05, 3.63) is 83.4 Å². The van der Waals surface area contributed by atoms with Crippen molar-refractivity contribution in [3.63, 3.8) is 0 Å². The molecule has 0 aromatic heterocycles. The third-order valence-corrected chi connectivity index (χ3v) is 7.62. The summed E-state index contributed by atoms with van der Waals surface area (Å²) in [4.78, 5) is 14.6. The second-order valence-corrected chi connectivity index (χ2v) is 14.6. The van der Waals surface area contributed by atoms with E-state index in [-0.39, 0.29) is 12.2 Å². The van der Waals surface area contributed by atoms with E-state index in [2.05, 4.69) is 6.07 Å². The fraction of sp³-hybridized carbons (Fsp3) is 0.333. The largest absolute Gasteiger partial charge is 0.497 e. The van der Waals surface area contributed by atoms with Gasteiger partial charge in [-0.15, -0.1) is 0 Å². The molecule has 0 aliphatic carbocycles. The van der Waals surface area contributed by atoms with Crippen molar-refractivity contribution < 1.29 is 28.2 Å². The third-order valence-electron chi connectivity index (χ3n) is 6.63. The Kier molecular flexibility index (Phi) is 7.81. The average Bonchev–Trinajstić information content (AvgIpc) is 3.22. The summed E-state index contributed by atoms with van der Waals surface area (Å²) in [5.41, 5.74) is 0.339. The van der Waals surface area contributed by atoms with Crippen LogP contribution in [0.25, 0.3) is 0 Å². The van der Waals surface area contributed by atoms with E-state index in [0.717, 1.165) is 5.56 Å². The van der Waals surface area contributed by atoms with Crippen molar-refractivity contribution in [3.8, 4) is 29.1 Å². The number of hydrogen-bond donors (Lipinski definition) is 0. The van der Waals surface area contributed by atoms with Gasteiger partial charge in [-0.2, -0.15) is 5.26 Å². The predicted molar refractivity (Wildman–Crippen MR) is 147 cm³/mol. The lowest BCUT2D eigenvalue weighted by atomic mass is 9.71. The Bertz CT molecular complexity index is 1330. The van der Waals surface area contributed by atoms with Crippen LogP contribution in [-0.2, 0) is 10.0 Å². The summed E-state index contributed by atoms with van der Waals surface area (Å²) in [6, 6.07) is 22.6. The number of carbonyl (C=O) groups excluding carboxylic acids is 1. The summed E-state index contributed by atoms with van der Waals surface area (Å²) in [7, 11) is 2.58. The molecule has 0 spiro atoms. The molecule has 0 bridgehead atoms. The molecule has 8 heteroatoms. The maximum absolute atomic E-state index is 14.6. The first-order valence-electron chi connectivity index (χ1n) is 12.4. The van der Waals surface area contributed by atoms with Crippen molar-refractivity contribution in [1.82, 2.24) is 0 Å². The van der Waals surface area contributed by atoms with E-state index in [1.54, 1.807) is 38.5 Å². The van der Waals surface area contributed by atoms with E-state index in [1.165, 1.54) is 7.11 Å². The molecule has 0 fully saturated rings. The van der Waals surface area contributed by atoms with E-state index in [0.29, 0.717) is 34.1 Å². The Labute approximate surface area is 225 Å². The summed E-state index contributed by atoms with van der Waals surface area (Å²) in [6.07, 6.45) is -0.491. The number of carbonyl (C=O) groups is 1. The Morgan fingerprint density at radius 2 is 1.58 bits per heavy atom. The Hall–Kier alpha value is -3.80.